The fourth-order valence-corrected chi connectivity index (χ4v) is 1.82. The van der Waals surface area contributed by atoms with Crippen molar-refractivity contribution in [3.05, 3.63) is 29.8 Å². The van der Waals surface area contributed by atoms with Gasteiger partial charge in [-0.15, -0.1) is 0 Å². The lowest BCUT2D eigenvalue weighted by molar-refractivity contribution is 0.0353. The van der Waals surface area contributed by atoms with Gasteiger partial charge in [0, 0.05) is 13.1 Å². The third-order valence-corrected chi connectivity index (χ3v) is 2.62. The van der Waals surface area contributed by atoms with E-state index in [9.17, 15) is 5.11 Å². The maximum Gasteiger partial charge on any atom is 0.118 e. The summed E-state index contributed by atoms with van der Waals surface area (Å²) in [7, 11) is 1.67. The van der Waals surface area contributed by atoms with Gasteiger partial charge in [-0.1, -0.05) is 19.1 Å². The molecule has 0 spiro atoms. The van der Waals surface area contributed by atoms with E-state index in [1.54, 1.807) is 7.11 Å². The molecule has 0 fully saturated rings. The third kappa shape index (κ3) is 5.20. The minimum Gasteiger partial charge on any atom is -0.497 e. The molecule has 3 heteroatoms. The second-order valence-electron chi connectivity index (χ2n) is 4.96. The predicted molar refractivity (Wildman–Crippen MR) is 70.2 cm³/mol. The molecule has 96 valence electrons. The topological polar surface area (TPSA) is 32.7 Å². The summed E-state index contributed by atoms with van der Waals surface area (Å²) in [6.45, 7) is 8.23. The van der Waals surface area contributed by atoms with E-state index in [1.165, 1.54) is 5.56 Å². The fourth-order valence-electron chi connectivity index (χ4n) is 1.82. The highest BCUT2D eigenvalue weighted by Gasteiger charge is 2.17. The van der Waals surface area contributed by atoms with Crippen LogP contribution in [0.4, 0.5) is 0 Å². The monoisotopic (exact) mass is 237 g/mol. The molecule has 0 saturated heterocycles. The van der Waals surface area contributed by atoms with Crippen molar-refractivity contribution in [2.24, 2.45) is 0 Å². The van der Waals surface area contributed by atoms with Gasteiger partial charge in [0.25, 0.3) is 0 Å². The molecule has 0 radical (unpaired) electrons. The maximum atomic E-state index is 9.82. The van der Waals surface area contributed by atoms with Crippen LogP contribution >= 0.6 is 0 Å². The number of hydrogen-bond donors (Lipinski definition) is 1. The zero-order valence-corrected chi connectivity index (χ0v) is 11.2. The van der Waals surface area contributed by atoms with Gasteiger partial charge in [0.2, 0.25) is 0 Å². The standard InChI is InChI=1S/C14H23NO2/c1-5-15(11-14(2,3)16)10-12-6-8-13(17-4)9-7-12/h6-9,16H,5,10-11H2,1-4H3. The molecule has 0 saturated carbocycles. The minimum atomic E-state index is -0.650. The molecule has 1 aromatic carbocycles. The molecule has 1 aromatic rings. The first-order chi connectivity index (χ1) is 7.94. The zero-order valence-electron chi connectivity index (χ0n) is 11.2. The Morgan fingerprint density at radius 1 is 1.24 bits per heavy atom. The van der Waals surface area contributed by atoms with Crippen molar-refractivity contribution in [2.45, 2.75) is 32.9 Å². The van der Waals surface area contributed by atoms with Gasteiger partial charge in [0.1, 0.15) is 5.75 Å². The Balaban J connectivity index is 2.61. The summed E-state index contributed by atoms with van der Waals surface area (Å²) >= 11 is 0. The number of aliphatic hydroxyl groups is 1. The van der Waals surface area contributed by atoms with E-state index in [1.807, 2.05) is 26.0 Å². The number of rotatable bonds is 6. The molecule has 0 aliphatic rings. The Bertz CT molecular complexity index is 327. The van der Waals surface area contributed by atoms with Crippen LogP contribution in [0.3, 0.4) is 0 Å². The molecule has 0 amide bonds. The van der Waals surface area contributed by atoms with Gasteiger partial charge in [0.05, 0.1) is 12.7 Å². The van der Waals surface area contributed by atoms with Crippen LogP contribution in [-0.2, 0) is 6.54 Å². The van der Waals surface area contributed by atoms with Gasteiger partial charge < -0.3 is 9.84 Å². The molecule has 0 aromatic heterocycles. The normalized spacial score (nSPS) is 11.9. The van der Waals surface area contributed by atoms with Crippen molar-refractivity contribution < 1.29 is 9.84 Å². The van der Waals surface area contributed by atoms with E-state index in [0.717, 1.165) is 18.8 Å². The lowest BCUT2D eigenvalue weighted by Crippen LogP contribution is -2.38. The van der Waals surface area contributed by atoms with Gasteiger partial charge in [-0.2, -0.15) is 0 Å². The van der Waals surface area contributed by atoms with Gasteiger partial charge in [-0.3, -0.25) is 4.90 Å². The van der Waals surface area contributed by atoms with E-state index in [-0.39, 0.29) is 0 Å². The predicted octanol–water partition coefficient (Wildman–Crippen LogP) is 2.29. The summed E-state index contributed by atoms with van der Waals surface area (Å²) in [4.78, 5) is 2.22. The SMILES string of the molecule is CCN(Cc1ccc(OC)cc1)CC(C)(C)O. The largest absolute Gasteiger partial charge is 0.497 e. The molecule has 0 bridgehead atoms. The van der Waals surface area contributed by atoms with Crippen molar-refractivity contribution in [1.82, 2.24) is 4.90 Å². The quantitative estimate of drug-likeness (QED) is 0.824. The minimum absolute atomic E-state index is 0.650. The smallest absolute Gasteiger partial charge is 0.118 e. The van der Waals surface area contributed by atoms with Crippen LogP contribution in [0, 0.1) is 0 Å². The van der Waals surface area contributed by atoms with Crippen LogP contribution in [0.2, 0.25) is 0 Å². The summed E-state index contributed by atoms with van der Waals surface area (Å²) in [5.74, 6) is 0.874. The first-order valence-electron chi connectivity index (χ1n) is 6.02. The number of ether oxygens (including phenoxy) is 1. The molecule has 0 unspecified atom stereocenters. The maximum absolute atomic E-state index is 9.82. The van der Waals surface area contributed by atoms with Crippen molar-refractivity contribution >= 4 is 0 Å². The van der Waals surface area contributed by atoms with E-state index in [0.29, 0.717) is 6.54 Å². The van der Waals surface area contributed by atoms with Gasteiger partial charge >= 0.3 is 0 Å². The summed E-state index contributed by atoms with van der Waals surface area (Å²) in [5.41, 5.74) is 0.583. The van der Waals surface area contributed by atoms with Crippen molar-refractivity contribution in [1.29, 1.82) is 0 Å². The van der Waals surface area contributed by atoms with E-state index in [2.05, 4.69) is 24.0 Å². The molecule has 1 rings (SSSR count). The lowest BCUT2D eigenvalue weighted by atomic mass is 10.1. The highest BCUT2D eigenvalue weighted by molar-refractivity contribution is 5.27. The first-order valence-corrected chi connectivity index (χ1v) is 6.02. The van der Waals surface area contributed by atoms with Crippen LogP contribution in [0.25, 0.3) is 0 Å². The van der Waals surface area contributed by atoms with E-state index >= 15 is 0 Å². The third-order valence-electron chi connectivity index (χ3n) is 2.62. The Kier molecular flexibility index (Phi) is 4.97. The van der Waals surface area contributed by atoms with Crippen LogP contribution < -0.4 is 4.74 Å². The van der Waals surface area contributed by atoms with Gasteiger partial charge in [-0.05, 0) is 38.1 Å². The molecule has 0 heterocycles. The number of likely N-dealkylation sites (N-methyl/N-ethyl adjacent to an activating group) is 1. The Labute approximate surface area is 104 Å². The van der Waals surface area contributed by atoms with Crippen LogP contribution in [0.1, 0.15) is 26.3 Å². The molecular formula is C14H23NO2. The molecule has 0 aliphatic heterocycles. The summed E-state index contributed by atoms with van der Waals surface area (Å²) < 4.78 is 5.13. The van der Waals surface area contributed by atoms with Crippen molar-refractivity contribution in [3.63, 3.8) is 0 Å². The zero-order chi connectivity index (χ0) is 12.9. The van der Waals surface area contributed by atoms with Gasteiger partial charge in [-0.25, -0.2) is 0 Å². The molecule has 0 aliphatic carbocycles. The second-order valence-corrected chi connectivity index (χ2v) is 4.96. The highest BCUT2D eigenvalue weighted by Crippen LogP contribution is 2.14. The number of hydrogen-bond acceptors (Lipinski definition) is 3. The highest BCUT2D eigenvalue weighted by atomic mass is 16.5. The summed E-state index contributed by atoms with van der Waals surface area (Å²) in [5, 5.41) is 9.82. The number of methoxy groups -OCH3 is 1. The van der Waals surface area contributed by atoms with E-state index in [4.69, 9.17) is 4.74 Å². The van der Waals surface area contributed by atoms with Crippen molar-refractivity contribution in [2.75, 3.05) is 20.2 Å². The second kappa shape index (κ2) is 6.03. The van der Waals surface area contributed by atoms with Crippen LogP contribution in [0.15, 0.2) is 24.3 Å². The first kappa shape index (κ1) is 14.0. The molecule has 3 nitrogen and oxygen atoms in total. The van der Waals surface area contributed by atoms with Gasteiger partial charge in [0.15, 0.2) is 0 Å². The lowest BCUT2D eigenvalue weighted by Gasteiger charge is -2.28. The van der Waals surface area contributed by atoms with Crippen LogP contribution in [0.5, 0.6) is 5.75 Å². The molecule has 0 atom stereocenters. The summed E-state index contributed by atoms with van der Waals surface area (Å²) in [6.07, 6.45) is 0. The Hall–Kier alpha value is -1.06. The number of benzene rings is 1. The Morgan fingerprint density at radius 2 is 1.82 bits per heavy atom. The van der Waals surface area contributed by atoms with Crippen LogP contribution in [-0.4, -0.2) is 35.8 Å². The molecule has 17 heavy (non-hydrogen) atoms. The average Bonchev–Trinajstić information content (AvgIpc) is 2.27. The Morgan fingerprint density at radius 3 is 2.24 bits per heavy atom. The average molecular weight is 237 g/mol. The van der Waals surface area contributed by atoms with Crippen molar-refractivity contribution in [3.8, 4) is 5.75 Å². The molecular weight excluding hydrogens is 214 g/mol. The molecule has 1 N–H and O–H groups in total. The van der Waals surface area contributed by atoms with E-state index < -0.39 is 5.60 Å². The fraction of sp³-hybridized carbons (Fsp3) is 0.571. The summed E-state index contributed by atoms with van der Waals surface area (Å²) in [6, 6.07) is 8.05. The number of nitrogens with zero attached hydrogens (tertiary/aromatic N) is 1.